The van der Waals surface area contributed by atoms with Crippen LogP contribution in [0.15, 0.2) is 0 Å². The molecule has 0 bridgehead atoms. The first-order valence-electron chi connectivity index (χ1n) is 4.13. The smallest absolute Gasteiger partial charge is 0.305 e. The molecule has 1 fully saturated rings. The van der Waals surface area contributed by atoms with Crippen molar-refractivity contribution in [2.45, 2.75) is 32.0 Å². The molecule has 1 N–H and O–H groups in total. The van der Waals surface area contributed by atoms with Crippen LogP contribution in [0.4, 0.5) is 4.39 Å². The van der Waals surface area contributed by atoms with Crippen molar-refractivity contribution >= 4 is 11.9 Å². The van der Waals surface area contributed by atoms with Gasteiger partial charge in [0.05, 0.1) is 13.0 Å². The van der Waals surface area contributed by atoms with Crippen LogP contribution in [0.25, 0.3) is 0 Å². The van der Waals surface area contributed by atoms with E-state index in [-0.39, 0.29) is 25.3 Å². The topological polar surface area (TPSA) is 57.6 Å². The minimum Gasteiger partial charge on any atom is -0.481 e. The van der Waals surface area contributed by atoms with Crippen LogP contribution >= 0.6 is 0 Å². The van der Waals surface area contributed by atoms with Crippen molar-refractivity contribution < 1.29 is 19.1 Å². The molecule has 0 aromatic rings. The fourth-order valence-electron chi connectivity index (χ4n) is 1.64. The summed E-state index contributed by atoms with van der Waals surface area (Å²) in [4.78, 5) is 22.6. The average Bonchev–Trinajstić information content (AvgIpc) is 2.29. The zero-order chi connectivity index (χ0) is 10.0. The lowest BCUT2D eigenvalue weighted by Crippen LogP contribution is -2.35. The van der Waals surface area contributed by atoms with Gasteiger partial charge in [0, 0.05) is 19.4 Å². The van der Waals surface area contributed by atoms with Crippen LogP contribution < -0.4 is 0 Å². The Labute approximate surface area is 75.3 Å². The summed E-state index contributed by atoms with van der Waals surface area (Å²) in [5.74, 6) is -1.25. The Hall–Kier alpha value is -1.13. The van der Waals surface area contributed by atoms with E-state index in [9.17, 15) is 14.0 Å². The van der Waals surface area contributed by atoms with Gasteiger partial charge in [0.25, 0.3) is 0 Å². The first-order chi connectivity index (χ1) is 6.00. The quantitative estimate of drug-likeness (QED) is 0.684. The van der Waals surface area contributed by atoms with Crippen molar-refractivity contribution in [3.8, 4) is 0 Å². The van der Waals surface area contributed by atoms with E-state index in [1.54, 1.807) is 0 Å². The molecule has 1 aliphatic rings. The van der Waals surface area contributed by atoms with E-state index < -0.39 is 18.2 Å². The first kappa shape index (κ1) is 9.95. The van der Waals surface area contributed by atoms with Crippen molar-refractivity contribution in [1.29, 1.82) is 0 Å². The predicted octanol–water partition coefficient (Wildman–Crippen LogP) is 0.420. The largest absolute Gasteiger partial charge is 0.481 e. The third-order valence-corrected chi connectivity index (χ3v) is 2.18. The molecular weight excluding hydrogens is 177 g/mol. The minimum absolute atomic E-state index is 0.0350. The molecule has 1 aliphatic heterocycles. The Morgan fingerprint density at radius 1 is 1.62 bits per heavy atom. The summed E-state index contributed by atoms with van der Waals surface area (Å²) < 4.78 is 12.8. The van der Waals surface area contributed by atoms with E-state index in [1.807, 2.05) is 0 Å². The lowest BCUT2D eigenvalue weighted by molar-refractivity contribution is -0.139. The summed E-state index contributed by atoms with van der Waals surface area (Å²) in [7, 11) is 0. The Balaban J connectivity index is 2.60. The normalized spacial score (nSPS) is 27.7. The molecule has 1 amide bonds. The number of carboxylic acid groups (broad SMARTS) is 1. The van der Waals surface area contributed by atoms with Crippen molar-refractivity contribution in [3.05, 3.63) is 0 Å². The molecule has 5 heteroatoms. The number of carbonyl (C=O) groups excluding carboxylic acids is 1. The molecule has 0 radical (unpaired) electrons. The molecule has 2 atom stereocenters. The highest BCUT2D eigenvalue weighted by Crippen LogP contribution is 2.22. The highest BCUT2D eigenvalue weighted by molar-refractivity contribution is 5.75. The molecule has 0 aromatic heterocycles. The molecule has 0 spiro atoms. The molecule has 1 rings (SSSR count). The Morgan fingerprint density at radius 3 is 2.69 bits per heavy atom. The minimum atomic E-state index is -1.08. The van der Waals surface area contributed by atoms with Gasteiger partial charge >= 0.3 is 5.97 Å². The zero-order valence-corrected chi connectivity index (χ0v) is 7.36. The molecule has 0 unspecified atom stereocenters. The van der Waals surface area contributed by atoms with Gasteiger partial charge in [0.1, 0.15) is 6.17 Å². The number of likely N-dealkylation sites (tertiary alicyclic amines) is 1. The van der Waals surface area contributed by atoms with E-state index in [1.165, 1.54) is 11.8 Å². The van der Waals surface area contributed by atoms with E-state index in [4.69, 9.17) is 5.11 Å². The van der Waals surface area contributed by atoms with E-state index in [0.29, 0.717) is 0 Å². The molecule has 1 heterocycles. The number of hydrogen-bond donors (Lipinski definition) is 1. The van der Waals surface area contributed by atoms with Gasteiger partial charge in [-0.15, -0.1) is 0 Å². The van der Waals surface area contributed by atoms with Crippen LogP contribution in [-0.2, 0) is 9.59 Å². The fourth-order valence-corrected chi connectivity index (χ4v) is 1.64. The average molecular weight is 189 g/mol. The molecule has 0 aliphatic carbocycles. The lowest BCUT2D eigenvalue weighted by atomic mass is 10.1. The molecule has 1 saturated heterocycles. The number of nitrogens with zero attached hydrogens (tertiary/aromatic N) is 1. The summed E-state index contributed by atoms with van der Waals surface area (Å²) in [6.07, 6.45) is -1.10. The molecular formula is C8H12FNO3. The molecule has 0 saturated carbocycles. The van der Waals surface area contributed by atoms with E-state index in [0.717, 1.165) is 0 Å². The van der Waals surface area contributed by atoms with Crippen LogP contribution in [0, 0.1) is 0 Å². The van der Waals surface area contributed by atoms with Crippen molar-refractivity contribution in [2.75, 3.05) is 6.54 Å². The predicted molar refractivity (Wildman–Crippen MR) is 42.9 cm³/mol. The number of carboxylic acids is 1. The number of hydrogen-bond acceptors (Lipinski definition) is 2. The number of alkyl halides is 1. The Kier molecular flexibility index (Phi) is 2.85. The number of carbonyl (C=O) groups is 2. The van der Waals surface area contributed by atoms with Gasteiger partial charge < -0.3 is 10.0 Å². The standard InChI is InChI=1S/C8H12FNO3/c1-5(11)10-4-6(9)2-7(10)3-8(12)13/h6-7H,2-4H2,1H3,(H,12,13)/t6-,7+/m1/s1. The maximum Gasteiger partial charge on any atom is 0.305 e. The van der Waals surface area contributed by atoms with Gasteiger partial charge in [-0.3, -0.25) is 9.59 Å². The second-order valence-corrected chi connectivity index (χ2v) is 3.26. The number of aliphatic carboxylic acids is 1. The maximum absolute atomic E-state index is 12.8. The van der Waals surface area contributed by atoms with Gasteiger partial charge in [-0.2, -0.15) is 0 Å². The van der Waals surface area contributed by atoms with Crippen LogP contribution in [0.2, 0.25) is 0 Å². The first-order valence-corrected chi connectivity index (χ1v) is 4.13. The number of amides is 1. The van der Waals surface area contributed by atoms with Gasteiger partial charge in [-0.25, -0.2) is 4.39 Å². The maximum atomic E-state index is 12.8. The summed E-state index contributed by atoms with van der Waals surface area (Å²) in [6, 6.07) is -0.468. The van der Waals surface area contributed by atoms with Gasteiger partial charge in [-0.1, -0.05) is 0 Å². The van der Waals surface area contributed by atoms with Crippen LogP contribution in [0.1, 0.15) is 19.8 Å². The molecule has 4 nitrogen and oxygen atoms in total. The van der Waals surface area contributed by atoms with Crippen molar-refractivity contribution in [1.82, 2.24) is 4.90 Å². The third kappa shape index (κ3) is 2.40. The van der Waals surface area contributed by atoms with Gasteiger partial charge in [0.2, 0.25) is 5.91 Å². The Morgan fingerprint density at radius 2 is 2.23 bits per heavy atom. The molecule has 13 heavy (non-hydrogen) atoms. The summed E-state index contributed by atoms with van der Waals surface area (Å²) in [5, 5.41) is 8.50. The molecule has 0 aromatic carbocycles. The van der Waals surface area contributed by atoms with Crippen molar-refractivity contribution in [2.24, 2.45) is 0 Å². The SMILES string of the molecule is CC(=O)N1C[C@H](F)C[C@H]1CC(=O)O. The van der Waals surface area contributed by atoms with Gasteiger partial charge in [0.15, 0.2) is 0 Å². The van der Waals surface area contributed by atoms with Crippen LogP contribution in [0.5, 0.6) is 0 Å². The number of halogens is 1. The van der Waals surface area contributed by atoms with Crippen LogP contribution in [-0.4, -0.2) is 40.6 Å². The Bertz CT molecular complexity index is 231. The van der Waals surface area contributed by atoms with E-state index >= 15 is 0 Å². The lowest BCUT2D eigenvalue weighted by Gasteiger charge is -2.20. The van der Waals surface area contributed by atoms with Gasteiger partial charge in [-0.05, 0) is 0 Å². The second kappa shape index (κ2) is 3.72. The summed E-state index contributed by atoms with van der Waals surface area (Å²) >= 11 is 0. The fraction of sp³-hybridized carbons (Fsp3) is 0.750. The second-order valence-electron chi connectivity index (χ2n) is 3.26. The summed E-state index contributed by atoms with van der Waals surface area (Å²) in [6.45, 7) is 1.36. The van der Waals surface area contributed by atoms with Crippen molar-refractivity contribution in [3.63, 3.8) is 0 Å². The highest BCUT2D eigenvalue weighted by atomic mass is 19.1. The van der Waals surface area contributed by atoms with E-state index in [2.05, 4.69) is 0 Å². The zero-order valence-electron chi connectivity index (χ0n) is 7.36. The summed E-state index contributed by atoms with van der Waals surface area (Å²) in [5.41, 5.74) is 0. The highest BCUT2D eigenvalue weighted by Gasteiger charge is 2.34. The monoisotopic (exact) mass is 189 g/mol. The third-order valence-electron chi connectivity index (χ3n) is 2.18. The molecule has 74 valence electrons. The number of rotatable bonds is 2. The van der Waals surface area contributed by atoms with Crippen LogP contribution in [0.3, 0.4) is 0 Å².